The zero-order valence-corrected chi connectivity index (χ0v) is 6.66. The molecule has 0 atom stereocenters. The average Bonchev–Trinajstić information content (AvgIpc) is 1.72. The Balaban J connectivity index is -0.0000000771. The van der Waals surface area contributed by atoms with Gasteiger partial charge in [0.1, 0.15) is 0 Å². The molecule has 0 amide bonds. The van der Waals surface area contributed by atoms with Gasteiger partial charge in [0.25, 0.3) is 0 Å². The minimum absolute atomic E-state index is 3.03. The minimum atomic E-state index is -4.67. The van der Waals surface area contributed by atoms with E-state index < -0.39 is 10.4 Å². The van der Waals surface area contributed by atoms with E-state index in [0.717, 1.165) is 0 Å². The van der Waals surface area contributed by atoms with Gasteiger partial charge in [-0.2, -0.15) is 8.42 Å². The van der Waals surface area contributed by atoms with Gasteiger partial charge in [0.05, 0.1) is 0 Å². The van der Waals surface area contributed by atoms with Crippen LogP contribution >= 0.6 is 25.6 Å². The van der Waals surface area contributed by atoms with E-state index in [-0.39, 0.29) is 0 Å². The Labute approximate surface area is 64.3 Å². The maximum atomic E-state index is 8.74. The van der Waals surface area contributed by atoms with Gasteiger partial charge in [0.15, 0.2) is 0 Å². The second kappa shape index (κ2) is 11.3. The van der Waals surface area contributed by atoms with Gasteiger partial charge in [-0.3, -0.25) is 19.4 Å². The molecule has 0 rings (SSSR count). The summed E-state index contributed by atoms with van der Waals surface area (Å²) >= 11 is 6.61. The molecule has 1 radical (unpaired) electrons. The summed E-state index contributed by atoms with van der Waals surface area (Å²) < 4.78 is 31.6. The van der Waals surface area contributed by atoms with Crippen LogP contribution in [0, 0.1) is 0 Å². The summed E-state index contributed by atoms with van der Waals surface area (Å²) in [6, 6.07) is 0. The van der Waals surface area contributed by atoms with Crippen molar-refractivity contribution in [2.24, 2.45) is 10.3 Å². The smallest absolute Gasteiger partial charge is 0.281 e. The molecule has 0 aliphatic carbocycles. The predicted molar refractivity (Wildman–Crippen MR) is 39.1 cm³/mol. The Bertz CT molecular complexity index is 97.0. The Morgan fingerprint density at radius 2 is 1.22 bits per heavy atom. The molecule has 59 valence electrons. The fourth-order valence-corrected chi connectivity index (χ4v) is 0. The molecule has 0 heterocycles. The Morgan fingerprint density at radius 3 is 1.22 bits per heavy atom. The third-order valence-electron chi connectivity index (χ3n) is 0. The first-order valence-electron chi connectivity index (χ1n) is 1.19. The van der Waals surface area contributed by atoms with Crippen LogP contribution < -0.4 is 10.3 Å². The molecule has 0 bridgehead atoms. The van der Waals surface area contributed by atoms with Crippen molar-refractivity contribution in [1.82, 2.24) is 0 Å². The van der Waals surface area contributed by atoms with E-state index in [1.165, 1.54) is 0 Å². The lowest BCUT2D eigenvalue weighted by Gasteiger charge is -1.68. The van der Waals surface area contributed by atoms with Gasteiger partial charge in [-0.25, -0.2) is 0 Å². The topological polar surface area (TPSA) is 127 Å². The average molecular weight is 195 g/mol. The zero-order chi connectivity index (χ0) is 8.50. The second-order valence-electron chi connectivity index (χ2n) is 0.448. The normalized spacial score (nSPS) is 7.78. The molecule has 0 spiro atoms. The molecule has 0 aromatic rings. The molecule has 9 heteroatoms. The van der Waals surface area contributed by atoms with Crippen molar-refractivity contribution in [3.05, 3.63) is 0 Å². The molecule has 0 saturated carbocycles. The van der Waals surface area contributed by atoms with Crippen LogP contribution in [0.4, 0.5) is 0 Å². The van der Waals surface area contributed by atoms with Crippen LogP contribution in [0.25, 0.3) is 0 Å². The van der Waals surface area contributed by atoms with E-state index in [2.05, 4.69) is 35.9 Å². The largest absolute Gasteiger partial charge is 0.394 e. The number of rotatable bonds is 0. The molecule has 0 saturated heterocycles. The number of hydrogen-bond acceptors (Lipinski definition) is 5. The van der Waals surface area contributed by atoms with Gasteiger partial charge >= 0.3 is 10.4 Å². The standard InChI is InChI=1S/H3NS.H2NS.H2O4S/c2*1-2;1-5(2,3)4/h2H,1H2;1H2;(H2,1,2,3,4). The van der Waals surface area contributed by atoms with Crippen LogP contribution in [0.1, 0.15) is 0 Å². The van der Waals surface area contributed by atoms with Gasteiger partial charge in [-0.15, -0.1) is 12.8 Å². The second-order valence-corrected chi connectivity index (χ2v) is 1.34. The fraction of sp³-hybridized carbons (Fsp3) is 0. The van der Waals surface area contributed by atoms with Gasteiger partial charge in [0, 0.05) is 12.8 Å². The SMILES string of the molecule is NS.N[S].O=S(=O)(O)O. The monoisotopic (exact) mass is 195 g/mol. The molecule has 0 aliphatic rings. The highest BCUT2D eigenvalue weighted by atomic mass is 32.3. The highest BCUT2D eigenvalue weighted by Gasteiger charge is 1.84. The molecule has 0 unspecified atom stereocenters. The maximum Gasteiger partial charge on any atom is 0.394 e. The lowest BCUT2D eigenvalue weighted by molar-refractivity contribution is 0.381. The minimum Gasteiger partial charge on any atom is -0.281 e. The predicted octanol–water partition coefficient (Wildman–Crippen LogP) is -0.805. The zero-order valence-electron chi connectivity index (χ0n) is 4.13. The molecule has 0 aromatic carbocycles. The molecule has 9 heavy (non-hydrogen) atoms. The third-order valence-corrected chi connectivity index (χ3v) is 0. The Hall–Kier alpha value is 0.490. The first kappa shape index (κ1) is 16.2. The van der Waals surface area contributed by atoms with Crippen LogP contribution in [-0.2, 0) is 10.4 Å². The highest BCUT2D eigenvalue weighted by molar-refractivity contribution is 7.79. The van der Waals surface area contributed by atoms with Crippen LogP contribution in [-0.4, -0.2) is 17.5 Å². The highest BCUT2D eigenvalue weighted by Crippen LogP contribution is 1.59. The van der Waals surface area contributed by atoms with E-state index in [9.17, 15) is 0 Å². The van der Waals surface area contributed by atoms with Crippen LogP contribution in [0.2, 0.25) is 0 Å². The molecular formula is H7N2O4S3. The van der Waals surface area contributed by atoms with Crippen molar-refractivity contribution < 1.29 is 17.5 Å². The van der Waals surface area contributed by atoms with Gasteiger partial charge in [0.2, 0.25) is 0 Å². The van der Waals surface area contributed by atoms with E-state index in [0.29, 0.717) is 0 Å². The summed E-state index contributed by atoms with van der Waals surface area (Å²) in [5, 5.41) is 8.28. The van der Waals surface area contributed by atoms with Crippen LogP contribution in [0.15, 0.2) is 0 Å². The van der Waals surface area contributed by atoms with Crippen molar-refractivity contribution in [2.45, 2.75) is 0 Å². The number of nitrogens with two attached hydrogens (primary N) is 2. The van der Waals surface area contributed by atoms with Crippen molar-refractivity contribution >= 4 is 36.0 Å². The lowest BCUT2D eigenvalue weighted by atomic mass is 14.0. The molecule has 0 fully saturated rings. The van der Waals surface area contributed by atoms with Crippen molar-refractivity contribution in [1.29, 1.82) is 0 Å². The summed E-state index contributed by atoms with van der Waals surface area (Å²) in [6.07, 6.45) is 0. The van der Waals surface area contributed by atoms with E-state index in [4.69, 9.17) is 17.5 Å². The van der Waals surface area contributed by atoms with Gasteiger partial charge in [-0.05, 0) is 0 Å². The molecule has 6 nitrogen and oxygen atoms in total. The molecule has 6 N–H and O–H groups in total. The molecule has 0 aliphatic heterocycles. The number of thiol groups is 1. The summed E-state index contributed by atoms with van der Waals surface area (Å²) in [6.45, 7) is 0. The van der Waals surface area contributed by atoms with Gasteiger partial charge < -0.3 is 0 Å². The summed E-state index contributed by atoms with van der Waals surface area (Å²) in [5.74, 6) is 0. The Kier molecular flexibility index (Phi) is 20.4. The molecular weight excluding hydrogens is 188 g/mol. The third kappa shape index (κ3) is 1490. The van der Waals surface area contributed by atoms with Crippen LogP contribution in [0.5, 0.6) is 0 Å². The van der Waals surface area contributed by atoms with E-state index in [1.807, 2.05) is 0 Å². The molecule has 0 aromatic heterocycles. The fourth-order valence-electron chi connectivity index (χ4n) is 0. The Morgan fingerprint density at radius 1 is 1.22 bits per heavy atom. The first-order chi connectivity index (χ1) is 4.00. The van der Waals surface area contributed by atoms with Gasteiger partial charge in [-0.1, -0.05) is 0 Å². The summed E-state index contributed by atoms with van der Waals surface area (Å²) in [4.78, 5) is 0. The summed E-state index contributed by atoms with van der Waals surface area (Å²) in [5.41, 5.74) is 0. The van der Waals surface area contributed by atoms with Crippen molar-refractivity contribution in [2.75, 3.05) is 0 Å². The van der Waals surface area contributed by atoms with E-state index in [1.54, 1.807) is 0 Å². The lowest BCUT2D eigenvalue weighted by Crippen LogP contribution is -1.89. The number of hydrogen-bond donors (Lipinski definition) is 5. The maximum absolute atomic E-state index is 8.74. The first-order valence-corrected chi connectivity index (χ1v) is 3.58. The van der Waals surface area contributed by atoms with E-state index >= 15 is 0 Å². The van der Waals surface area contributed by atoms with Crippen LogP contribution in [0.3, 0.4) is 0 Å². The van der Waals surface area contributed by atoms with Crippen molar-refractivity contribution in [3.63, 3.8) is 0 Å². The quantitative estimate of drug-likeness (QED) is 0.254. The van der Waals surface area contributed by atoms with Crippen molar-refractivity contribution in [3.8, 4) is 0 Å². The summed E-state index contributed by atoms with van der Waals surface area (Å²) in [7, 11) is -4.67.